The van der Waals surface area contributed by atoms with Gasteiger partial charge in [0, 0.05) is 42.7 Å². The van der Waals surface area contributed by atoms with Gasteiger partial charge in [-0.15, -0.1) is 0 Å². The van der Waals surface area contributed by atoms with Gasteiger partial charge in [0.15, 0.2) is 0 Å². The van der Waals surface area contributed by atoms with Crippen molar-refractivity contribution in [1.82, 2.24) is 4.98 Å². The van der Waals surface area contributed by atoms with Crippen molar-refractivity contribution in [2.24, 2.45) is 0 Å². The van der Waals surface area contributed by atoms with Gasteiger partial charge >= 0.3 is 0 Å². The highest BCUT2D eigenvalue weighted by Gasteiger charge is 2.16. The molecule has 0 atom stereocenters. The summed E-state index contributed by atoms with van der Waals surface area (Å²) in [6.45, 7) is 0. The molecule has 0 saturated heterocycles. The molecule has 158 valence electrons. The minimum atomic E-state index is 0.929. The number of rotatable bonds is 2. The van der Waals surface area contributed by atoms with Crippen LogP contribution in [0.4, 0.5) is 0 Å². The number of halogens is 1. The maximum Gasteiger partial charge on any atom is 0.143 e. The highest BCUT2D eigenvalue weighted by molar-refractivity contribution is 9.11. The molecule has 2 heterocycles. The first-order chi connectivity index (χ1) is 16.3. The summed E-state index contributed by atoms with van der Waals surface area (Å²) in [4.78, 5) is 3.70. The molecular weight excluding hydrogens is 470 g/mol. The highest BCUT2D eigenvalue weighted by atomic mass is 79.9. The van der Waals surface area contributed by atoms with Gasteiger partial charge in [0.25, 0.3) is 0 Å². The van der Waals surface area contributed by atoms with E-state index in [0.29, 0.717) is 0 Å². The van der Waals surface area contributed by atoms with E-state index in [4.69, 9.17) is 4.42 Å². The average molecular weight is 490 g/mol. The number of furan rings is 1. The van der Waals surface area contributed by atoms with Crippen LogP contribution >= 0.6 is 15.9 Å². The van der Waals surface area contributed by atoms with Crippen LogP contribution in [0, 0.1) is 0 Å². The van der Waals surface area contributed by atoms with Crippen LogP contribution in [0.1, 0.15) is 18.4 Å². The van der Waals surface area contributed by atoms with Crippen molar-refractivity contribution >= 4 is 65.2 Å². The van der Waals surface area contributed by atoms with E-state index in [1.165, 1.54) is 33.0 Å². The van der Waals surface area contributed by atoms with Crippen LogP contribution in [0.25, 0.3) is 60.4 Å². The number of aromatic nitrogens is 1. The molecule has 0 bridgehead atoms. The molecule has 1 N–H and O–H groups in total. The summed E-state index contributed by atoms with van der Waals surface area (Å²) in [5, 5.41) is 4.82. The van der Waals surface area contributed by atoms with Gasteiger partial charge in [-0.1, -0.05) is 82.7 Å². The second-order valence-corrected chi connectivity index (χ2v) is 9.61. The Hall–Kier alpha value is -3.56. The number of benzene rings is 4. The smallest absolute Gasteiger partial charge is 0.143 e. The van der Waals surface area contributed by atoms with E-state index in [2.05, 4.69) is 99.8 Å². The molecule has 0 unspecified atom stereocenters. The molecule has 0 saturated carbocycles. The van der Waals surface area contributed by atoms with Gasteiger partial charge in [-0.25, -0.2) is 0 Å². The van der Waals surface area contributed by atoms with Gasteiger partial charge in [-0.05, 0) is 48.3 Å². The molecule has 0 spiro atoms. The summed E-state index contributed by atoms with van der Waals surface area (Å²) in [5.41, 5.74) is 9.19. The zero-order valence-corrected chi connectivity index (χ0v) is 19.4. The number of H-pyrrole nitrogens is 1. The minimum Gasteiger partial charge on any atom is -0.455 e. The SMILES string of the molecule is BrC1=CCCC(c2cccc3c2[nH]c2ccc(-c4cccc5c4oc4ccccc45)cc23)=C1. The molecule has 1 aliphatic rings. The monoisotopic (exact) mass is 489 g/mol. The zero-order valence-electron chi connectivity index (χ0n) is 17.9. The maximum absolute atomic E-state index is 6.30. The Morgan fingerprint density at radius 3 is 2.48 bits per heavy atom. The molecule has 4 aromatic carbocycles. The van der Waals surface area contributed by atoms with Crippen LogP contribution in [0.15, 0.2) is 99.9 Å². The largest absolute Gasteiger partial charge is 0.455 e. The predicted octanol–water partition coefficient (Wildman–Crippen LogP) is 9.34. The third kappa shape index (κ3) is 2.93. The molecule has 2 aromatic heterocycles. The van der Waals surface area contributed by atoms with Crippen molar-refractivity contribution in [3.05, 3.63) is 101 Å². The lowest BCUT2D eigenvalue weighted by Gasteiger charge is -2.12. The van der Waals surface area contributed by atoms with Crippen molar-refractivity contribution in [3.63, 3.8) is 0 Å². The Kier molecular flexibility index (Phi) is 4.15. The normalized spacial score (nSPS) is 14.3. The molecule has 2 nitrogen and oxygen atoms in total. The fourth-order valence-electron chi connectivity index (χ4n) is 5.21. The summed E-state index contributed by atoms with van der Waals surface area (Å²) in [6, 6.07) is 28.0. The molecule has 33 heavy (non-hydrogen) atoms. The molecule has 0 aliphatic heterocycles. The van der Waals surface area contributed by atoms with E-state index in [1.54, 1.807) is 0 Å². The summed E-state index contributed by atoms with van der Waals surface area (Å²) < 4.78 is 7.47. The molecule has 0 amide bonds. The standard InChI is InChI=1S/C30H20BrNO/c31-20-7-3-6-18(16-20)21-9-4-11-24-26-17-19(14-15-27(26)32-29(21)24)22-10-5-12-25-23-8-1-2-13-28(23)33-30(22)25/h1-2,4-5,7-17,32H,3,6H2. The number of nitrogens with one attached hydrogen (secondary N) is 1. The van der Waals surface area contributed by atoms with Crippen LogP contribution in [-0.4, -0.2) is 4.98 Å². The van der Waals surface area contributed by atoms with Crippen molar-refractivity contribution in [2.75, 3.05) is 0 Å². The second kappa shape index (κ2) is 7.23. The van der Waals surface area contributed by atoms with Crippen LogP contribution < -0.4 is 0 Å². The van der Waals surface area contributed by atoms with E-state index in [1.807, 2.05) is 12.1 Å². The summed E-state index contributed by atoms with van der Waals surface area (Å²) in [7, 11) is 0. The third-order valence-electron chi connectivity index (χ3n) is 6.76. The lowest BCUT2D eigenvalue weighted by Crippen LogP contribution is -1.91. The van der Waals surface area contributed by atoms with Gasteiger partial charge in [-0.3, -0.25) is 0 Å². The topological polar surface area (TPSA) is 28.9 Å². The Balaban J connectivity index is 1.45. The fraction of sp³-hybridized carbons (Fsp3) is 0.0667. The molecule has 0 radical (unpaired) electrons. The van der Waals surface area contributed by atoms with Gasteiger partial charge in [0.05, 0.1) is 5.52 Å². The van der Waals surface area contributed by atoms with Gasteiger partial charge in [0.1, 0.15) is 11.2 Å². The van der Waals surface area contributed by atoms with Crippen molar-refractivity contribution in [1.29, 1.82) is 0 Å². The van der Waals surface area contributed by atoms with Gasteiger partial charge < -0.3 is 9.40 Å². The number of allylic oxidation sites excluding steroid dienone is 4. The molecule has 7 rings (SSSR count). The van der Waals surface area contributed by atoms with E-state index in [-0.39, 0.29) is 0 Å². The van der Waals surface area contributed by atoms with Crippen molar-refractivity contribution in [2.45, 2.75) is 12.8 Å². The first-order valence-electron chi connectivity index (χ1n) is 11.3. The fourth-order valence-corrected chi connectivity index (χ4v) is 5.71. The molecule has 6 aromatic rings. The molecule has 0 fully saturated rings. The number of aromatic amines is 1. The third-order valence-corrected chi connectivity index (χ3v) is 7.31. The lowest BCUT2D eigenvalue weighted by atomic mass is 9.95. The molecule has 3 heteroatoms. The van der Waals surface area contributed by atoms with Gasteiger partial charge in [-0.2, -0.15) is 0 Å². The summed E-state index contributed by atoms with van der Waals surface area (Å²) >= 11 is 3.66. The van der Waals surface area contributed by atoms with E-state index >= 15 is 0 Å². The molecule has 1 aliphatic carbocycles. The van der Waals surface area contributed by atoms with Crippen LogP contribution in [0.2, 0.25) is 0 Å². The Morgan fingerprint density at radius 2 is 1.58 bits per heavy atom. The number of para-hydroxylation sites is 3. The zero-order chi connectivity index (χ0) is 21.9. The Morgan fingerprint density at radius 1 is 0.758 bits per heavy atom. The van der Waals surface area contributed by atoms with Crippen molar-refractivity contribution < 1.29 is 4.42 Å². The quantitative estimate of drug-likeness (QED) is 0.257. The average Bonchev–Trinajstić information content (AvgIpc) is 3.42. The maximum atomic E-state index is 6.30. The molecular formula is C30H20BrNO. The summed E-state index contributed by atoms with van der Waals surface area (Å²) in [5.74, 6) is 0. The van der Waals surface area contributed by atoms with E-state index < -0.39 is 0 Å². The van der Waals surface area contributed by atoms with Crippen molar-refractivity contribution in [3.8, 4) is 11.1 Å². The first kappa shape index (κ1) is 19.0. The number of hydrogen-bond donors (Lipinski definition) is 1. The summed E-state index contributed by atoms with van der Waals surface area (Å²) in [6.07, 6.45) is 6.61. The van der Waals surface area contributed by atoms with Crippen LogP contribution in [-0.2, 0) is 0 Å². The van der Waals surface area contributed by atoms with Crippen LogP contribution in [0.3, 0.4) is 0 Å². The predicted molar refractivity (Wildman–Crippen MR) is 143 cm³/mol. The number of fused-ring (bicyclic) bond motifs is 6. The van der Waals surface area contributed by atoms with E-state index in [0.717, 1.165) is 50.3 Å². The Labute approximate surface area is 199 Å². The highest BCUT2D eigenvalue weighted by Crippen LogP contribution is 2.39. The lowest BCUT2D eigenvalue weighted by molar-refractivity contribution is 0.670. The number of hydrogen-bond acceptors (Lipinski definition) is 1. The Bertz CT molecular complexity index is 1780. The first-order valence-corrected chi connectivity index (χ1v) is 12.1. The van der Waals surface area contributed by atoms with Gasteiger partial charge in [0.2, 0.25) is 0 Å². The minimum absolute atomic E-state index is 0.929. The second-order valence-electron chi connectivity index (χ2n) is 8.69. The van der Waals surface area contributed by atoms with Crippen LogP contribution in [0.5, 0.6) is 0 Å². The van der Waals surface area contributed by atoms with E-state index in [9.17, 15) is 0 Å².